The fourth-order valence-electron chi connectivity index (χ4n) is 4.98. The molecule has 1 atom stereocenters. The first-order chi connectivity index (χ1) is 17.6. The van der Waals surface area contributed by atoms with Crippen molar-refractivity contribution in [2.75, 3.05) is 0 Å². The first-order valence-corrected chi connectivity index (χ1v) is 11.8. The third-order valence-electron chi connectivity index (χ3n) is 6.66. The molecular weight excluding hydrogens is 478 g/mol. The molecule has 0 saturated carbocycles. The number of nitrogens with one attached hydrogen (secondary N) is 2. The largest absolute Gasteiger partial charge is 0.340 e. The summed E-state index contributed by atoms with van der Waals surface area (Å²) in [5.74, 6) is 0.767. The van der Waals surface area contributed by atoms with Crippen LogP contribution in [-0.4, -0.2) is 44.9 Å². The molecule has 0 amide bonds. The van der Waals surface area contributed by atoms with Gasteiger partial charge in [0, 0.05) is 33.3 Å². The lowest BCUT2D eigenvalue weighted by atomic mass is 10.0. The molecule has 0 fully saturated rings. The van der Waals surface area contributed by atoms with Gasteiger partial charge in [-0.15, -0.1) is 5.10 Å². The number of imidazole rings is 1. The molecule has 7 rings (SSSR count). The maximum absolute atomic E-state index is 13.4. The van der Waals surface area contributed by atoms with E-state index in [1.807, 2.05) is 41.1 Å². The van der Waals surface area contributed by atoms with Crippen LogP contribution >= 0.6 is 11.6 Å². The van der Waals surface area contributed by atoms with Crippen LogP contribution in [0.3, 0.4) is 0 Å². The molecule has 2 aromatic carbocycles. The van der Waals surface area contributed by atoms with E-state index in [0.717, 1.165) is 63.3 Å². The Morgan fingerprint density at radius 2 is 1.97 bits per heavy atom. The first kappa shape index (κ1) is 20.8. The average Bonchev–Trinajstić information content (AvgIpc) is 3.69. The van der Waals surface area contributed by atoms with Gasteiger partial charge < -0.3 is 9.55 Å². The van der Waals surface area contributed by atoms with Gasteiger partial charge in [0.05, 0.1) is 35.3 Å². The predicted octanol–water partition coefficient (Wildman–Crippen LogP) is 3.95. The Bertz CT molecular complexity index is 1800. The highest BCUT2D eigenvalue weighted by molar-refractivity contribution is 6.31. The van der Waals surface area contributed by atoms with Crippen molar-refractivity contribution in [2.24, 2.45) is 0 Å². The van der Waals surface area contributed by atoms with Gasteiger partial charge in [0.1, 0.15) is 12.2 Å². The zero-order valence-corrected chi connectivity index (χ0v) is 19.5. The van der Waals surface area contributed by atoms with Crippen molar-refractivity contribution >= 4 is 22.5 Å². The number of aromatic amines is 2. The standard InChI is InChI=1S/C25H18ClN9O/c26-17-2-5-22(34-13-29-32-33-34)19(10-17)15-8-18-3-6-23(35(18)24(36)9-15)25-27-12-21(30-25)14-1-4-20-16(7-14)11-28-31-20/h1-2,4-5,7-13,23H,3,6H2,(H,27,30)(H,28,31)/t23-/m0/s1. The predicted molar refractivity (Wildman–Crippen MR) is 134 cm³/mol. The molecule has 0 bridgehead atoms. The molecule has 36 heavy (non-hydrogen) atoms. The van der Waals surface area contributed by atoms with Gasteiger partial charge in [0.2, 0.25) is 0 Å². The average molecular weight is 496 g/mol. The van der Waals surface area contributed by atoms with Gasteiger partial charge in [-0.3, -0.25) is 9.89 Å². The van der Waals surface area contributed by atoms with E-state index in [1.165, 1.54) is 6.33 Å². The second-order valence-electron chi connectivity index (χ2n) is 8.77. The van der Waals surface area contributed by atoms with Crippen molar-refractivity contribution in [3.8, 4) is 28.1 Å². The van der Waals surface area contributed by atoms with E-state index in [9.17, 15) is 4.79 Å². The Kier molecular flexibility index (Phi) is 4.61. The number of pyridine rings is 1. The van der Waals surface area contributed by atoms with Gasteiger partial charge >= 0.3 is 0 Å². The summed E-state index contributed by atoms with van der Waals surface area (Å²) >= 11 is 6.31. The highest BCUT2D eigenvalue weighted by Gasteiger charge is 2.28. The monoisotopic (exact) mass is 495 g/mol. The van der Waals surface area contributed by atoms with Gasteiger partial charge in [-0.2, -0.15) is 9.78 Å². The molecule has 0 spiro atoms. The van der Waals surface area contributed by atoms with Crippen molar-refractivity contribution in [1.82, 2.24) is 44.9 Å². The molecule has 0 saturated heterocycles. The SMILES string of the molecule is O=c1cc(-c2cc(Cl)ccc2-n2cnnn2)cc2n1[C@H](c1ncc(-c3ccc4[nH]ncc4c3)[nH]1)CC2. The quantitative estimate of drug-likeness (QED) is 0.382. The lowest BCUT2D eigenvalue weighted by Gasteiger charge is -2.15. The van der Waals surface area contributed by atoms with Crippen LogP contribution in [-0.2, 0) is 6.42 Å². The molecule has 5 heterocycles. The Balaban J connectivity index is 1.26. The number of tetrazole rings is 1. The van der Waals surface area contributed by atoms with Gasteiger partial charge in [0.15, 0.2) is 0 Å². The van der Waals surface area contributed by atoms with Crippen LogP contribution in [0.4, 0.5) is 0 Å². The first-order valence-electron chi connectivity index (χ1n) is 11.4. The fraction of sp³-hybridized carbons (Fsp3) is 0.120. The van der Waals surface area contributed by atoms with E-state index >= 15 is 0 Å². The summed E-state index contributed by atoms with van der Waals surface area (Å²) in [7, 11) is 0. The maximum atomic E-state index is 13.4. The highest BCUT2D eigenvalue weighted by Crippen LogP contribution is 2.34. The van der Waals surface area contributed by atoms with Crippen LogP contribution in [0, 0.1) is 0 Å². The topological polar surface area (TPSA) is 123 Å². The number of hydrogen-bond acceptors (Lipinski definition) is 6. The summed E-state index contributed by atoms with van der Waals surface area (Å²) in [5, 5.41) is 20.1. The summed E-state index contributed by atoms with van der Waals surface area (Å²) in [6.45, 7) is 0. The summed E-state index contributed by atoms with van der Waals surface area (Å²) < 4.78 is 3.39. The Labute approximate surface area is 208 Å². The molecular formula is C25H18ClN9O. The number of aromatic nitrogens is 9. The van der Waals surface area contributed by atoms with Crippen LogP contribution in [0.2, 0.25) is 5.02 Å². The number of benzene rings is 2. The second kappa shape index (κ2) is 7.99. The molecule has 0 unspecified atom stereocenters. The van der Waals surface area contributed by atoms with Crippen LogP contribution < -0.4 is 5.56 Å². The van der Waals surface area contributed by atoms with Gasteiger partial charge in [-0.1, -0.05) is 17.7 Å². The molecule has 10 nitrogen and oxygen atoms in total. The summed E-state index contributed by atoms with van der Waals surface area (Å²) in [5.41, 5.74) is 6.05. The molecule has 11 heteroatoms. The van der Waals surface area contributed by atoms with E-state index in [1.54, 1.807) is 23.0 Å². The Morgan fingerprint density at radius 3 is 2.86 bits per heavy atom. The minimum Gasteiger partial charge on any atom is -0.340 e. The van der Waals surface area contributed by atoms with Crippen molar-refractivity contribution in [2.45, 2.75) is 18.9 Å². The highest BCUT2D eigenvalue weighted by atomic mass is 35.5. The molecule has 0 radical (unpaired) electrons. The van der Waals surface area contributed by atoms with Crippen LogP contribution in [0.25, 0.3) is 39.0 Å². The van der Waals surface area contributed by atoms with Crippen molar-refractivity contribution in [1.29, 1.82) is 0 Å². The maximum Gasteiger partial charge on any atom is 0.252 e. The van der Waals surface area contributed by atoms with E-state index in [4.69, 9.17) is 11.6 Å². The zero-order valence-electron chi connectivity index (χ0n) is 18.8. The van der Waals surface area contributed by atoms with E-state index in [0.29, 0.717) is 5.02 Å². The van der Waals surface area contributed by atoms with Gasteiger partial charge in [-0.25, -0.2) is 4.98 Å². The summed E-state index contributed by atoms with van der Waals surface area (Å²) in [4.78, 5) is 21.5. The molecule has 176 valence electrons. The molecule has 1 aliphatic heterocycles. The molecule has 2 N–H and O–H groups in total. The zero-order chi connectivity index (χ0) is 24.2. The number of fused-ring (bicyclic) bond motifs is 2. The third-order valence-corrected chi connectivity index (χ3v) is 6.90. The second-order valence-corrected chi connectivity index (χ2v) is 9.20. The lowest BCUT2D eigenvalue weighted by molar-refractivity contribution is 0.572. The lowest BCUT2D eigenvalue weighted by Crippen LogP contribution is -2.23. The molecule has 1 aliphatic rings. The molecule has 0 aliphatic carbocycles. The molecule has 4 aromatic heterocycles. The van der Waals surface area contributed by atoms with E-state index < -0.39 is 0 Å². The number of H-pyrrole nitrogens is 2. The normalized spacial score (nSPS) is 15.0. The Hall–Kier alpha value is -4.57. The number of hydrogen-bond donors (Lipinski definition) is 2. The van der Waals surface area contributed by atoms with E-state index in [2.05, 4.69) is 41.8 Å². The van der Waals surface area contributed by atoms with Crippen LogP contribution in [0.1, 0.15) is 24.0 Å². The van der Waals surface area contributed by atoms with Crippen molar-refractivity contribution < 1.29 is 0 Å². The number of halogens is 1. The fourth-order valence-corrected chi connectivity index (χ4v) is 5.16. The number of nitrogens with zero attached hydrogens (tertiary/aromatic N) is 7. The van der Waals surface area contributed by atoms with Crippen molar-refractivity contribution in [3.63, 3.8) is 0 Å². The minimum atomic E-state index is -0.161. The summed E-state index contributed by atoms with van der Waals surface area (Å²) in [6.07, 6.45) is 6.67. The molecule has 6 aromatic rings. The third kappa shape index (κ3) is 3.34. The number of rotatable bonds is 4. The van der Waals surface area contributed by atoms with Gasteiger partial charge in [0.25, 0.3) is 5.56 Å². The minimum absolute atomic E-state index is 0.0922. The van der Waals surface area contributed by atoms with Gasteiger partial charge in [-0.05, 0) is 65.2 Å². The van der Waals surface area contributed by atoms with Crippen LogP contribution in [0.5, 0.6) is 0 Å². The Morgan fingerprint density at radius 1 is 1.03 bits per heavy atom. The van der Waals surface area contributed by atoms with Crippen LogP contribution in [0.15, 0.2) is 72.0 Å². The van der Waals surface area contributed by atoms with Crippen molar-refractivity contribution in [3.05, 3.63) is 94.1 Å². The smallest absolute Gasteiger partial charge is 0.252 e. The summed E-state index contributed by atoms with van der Waals surface area (Å²) in [6, 6.07) is 15.0. The number of aryl methyl sites for hydroxylation is 1. The van der Waals surface area contributed by atoms with E-state index in [-0.39, 0.29) is 11.6 Å².